The Balaban J connectivity index is 0. The van der Waals surface area contributed by atoms with Crippen LogP contribution in [0.5, 0.6) is 0 Å². The van der Waals surface area contributed by atoms with Gasteiger partial charge in [-0.3, -0.25) is 19.2 Å². The second-order valence-electron chi connectivity index (χ2n) is 22.3. The monoisotopic (exact) mass is 2100 g/mol. The van der Waals surface area contributed by atoms with Crippen LogP contribution in [0.3, 0.4) is 0 Å². The van der Waals surface area contributed by atoms with Crippen LogP contribution in [0.1, 0.15) is 71.3 Å². The van der Waals surface area contributed by atoms with Crippen LogP contribution in [-0.4, -0.2) is 75.8 Å². The average molecular weight is 2100 g/mol. The molecule has 22 heteroatoms. The second kappa shape index (κ2) is 50.3. The van der Waals surface area contributed by atoms with Crippen molar-refractivity contribution < 1.29 is 146 Å². The summed E-state index contributed by atoms with van der Waals surface area (Å²) in [5.41, 5.74) is 8.48. The van der Waals surface area contributed by atoms with Crippen LogP contribution in [0.2, 0.25) is 0 Å². The first-order valence-corrected chi connectivity index (χ1v) is 29.9. The molecule has 4 heterocycles. The fourth-order valence-electron chi connectivity index (χ4n) is 6.94. The zero-order chi connectivity index (χ0) is 72.6. The number of pyridine rings is 4. The van der Waals surface area contributed by atoms with Gasteiger partial charge in [0.2, 0.25) is 5.76 Å². The van der Waals surface area contributed by atoms with Gasteiger partial charge in [0.15, 0.2) is 17.3 Å². The van der Waals surface area contributed by atoms with Crippen LogP contribution in [0, 0.1) is 35.1 Å². The van der Waals surface area contributed by atoms with Gasteiger partial charge in [-0.2, -0.15) is 26.3 Å². The molecule has 0 fully saturated rings. The Labute approximate surface area is 646 Å². The maximum absolute atomic E-state index is 11.8. The zero-order valence-electron chi connectivity index (χ0n) is 56.4. The van der Waals surface area contributed by atoms with E-state index in [2.05, 4.69) is 44.2 Å². The Bertz CT molecular complexity index is 3560. The first-order valence-electron chi connectivity index (χ1n) is 29.9. The van der Waals surface area contributed by atoms with Crippen molar-refractivity contribution in [1.82, 2.24) is 19.9 Å². The largest absolute Gasteiger partial charge is 0.512 e. The number of benzene rings is 6. The van der Waals surface area contributed by atoms with E-state index in [1.54, 1.807) is 61.2 Å². The number of nitrogens with zero attached hydrogens (tertiary/aromatic N) is 4. The predicted octanol–water partition coefficient (Wildman–Crippen LogP) is 19.9. The number of allylic oxidation sites excluding steroid dienone is 7. The Kier molecular flexibility index (Phi) is 46.8. The fourth-order valence-corrected chi connectivity index (χ4v) is 6.94. The fraction of sp³-hybridized carbons (Fsp3) is 0.150. The molecule has 4 radical (unpaired) electrons. The van der Waals surface area contributed by atoms with Crippen LogP contribution in [0.15, 0.2) is 297 Å². The van der Waals surface area contributed by atoms with Gasteiger partial charge in [0.05, 0.1) is 5.76 Å². The molecule has 0 unspecified atom stereocenters. The summed E-state index contributed by atoms with van der Waals surface area (Å²) in [4.78, 5) is 60.0. The molecule has 0 saturated carbocycles. The van der Waals surface area contributed by atoms with Crippen LogP contribution in [0.4, 0.5) is 26.3 Å². The van der Waals surface area contributed by atoms with Gasteiger partial charge in [-0.15, -0.1) is 144 Å². The third-order valence-electron chi connectivity index (χ3n) is 12.0. The van der Waals surface area contributed by atoms with Crippen LogP contribution < -0.4 is 0 Å². The summed E-state index contributed by atoms with van der Waals surface area (Å²) in [7, 11) is 0. The number of carbonyl (C=O) groups excluding carboxylic acids is 4. The molecule has 0 aliphatic carbocycles. The van der Waals surface area contributed by atoms with Gasteiger partial charge in [0.25, 0.3) is 5.78 Å². The summed E-state index contributed by atoms with van der Waals surface area (Å²) in [5, 5.41) is 35.7. The van der Waals surface area contributed by atoms with E-state index in [-0.39, 0.29) is 120 Å². The normalized spacial score (nSPS) is 10.9. The van der Waals surface area contributed by atoms with Crippen molar-refractivity contribution >= 4 is 28.9 Å². The smallest absolute Gasteiger partial charge is 0.454 e. The minimum atomic E-state index is -5.42. The minimum Gasteiger partial charge on any atom is -0.512 e. The molecule has 10 rings (SSSR count). The van der Waals surface area contributed by atoms with Crippen molar-refractivity contribution in [2.75, 3.05) is 0 Å². The molecule has 0 aliphatic rings. The number of halogens is 6. The molecule has 10 aromatic rings. The molecule has 544 valence electrons. The van der Waals surface area contributed by atoms with Gasteiger partial charge in [0.1, 0.15) is 11.5 Å². The number of ketones is 4. The number of carbonyl (C=O) groups is 4. The molecule has 4 N–H and O–H groups in total. The van der Waals surface area contributed by atoms with Crippen LogP contribution in [0.25, 0.3) is 50.8 Å². The van der Waals surface area contributed by atoms with Gasteiger partial charge < -0.3 is 40.4 Å². The minimum absolute atomic E-state index is 0. The predicted molar refractivity (Wildman–Crippen MR) is 371 cm³/mol. The summed E-state index contributed by atoms with van der Waals surface area (Å²) in [6.07, 6.45) is -0.788. The quantitative estimate of drug-likeness (QED) is 0.0332. The summed E-state index contributed by atoms with van der Waals surface area (Å²) in [5.74, 6) is -5.51. The Morgan fingerprint density at radius 2 is 0.637 bits per heavy atom. The van der Waals surface area contributed by atoms with E-state index in [0.29, 0.717) is 11.1 Å². The molecule has 0 bridgehead atoms. The number of alkyl halides is 6. The van der Waals surface area contributed by atoms with E-state index in [1.807, 2.05) is 236 Å². The number of aromatic nitrogens is 4. The van der Waals surface area contributed by atoms with Crippen molar-refractivity contribution in [3.05, 3.63) is 332 Å². The van der Waals surface area contributed by atoms with Gasteiger partial charge in [-0.1, -0.05) is 151 Å². The molecule has 0 atom stereocenters. The third-order valence-corrected chi connectivity index (χ3v) is 12.0. The Morgan fingerprint density at radius 1 is 0.343 bits per heavy atom. The van der Waals surface area contributed by atoms with Crippen molar-refractivity contribution in [2.45, 2.75) is 67.7 Å². The number of hydrogen-bond donors (Lipinski definition) is 4. The van der Waals surface area contributed by atoms with Gasteiger partial charge in [0, 0.05) is 151 Å². The molecule has 102 heavy (non-hydrogen) atoms. The molecule has 0 spiro atoms. The van der Waals surface area contributed by atoms with E-state index in [1.165, 1.54) is 32.1 Å². The molecular formula is C80H74F6Ir4N4O8-4. The number of aliphatic hydroxyl groups is 4. The number of rotatable bonds is 10. The zero-order valence-corrected chi connectivity index (χ0v) is 66.0. The van der Waals surface area contributed by atoms with Gasteiger partial charge in [-0.25, -0.2) is 0 Å². The topological polar surface area (TPSA) is 201 Å². The number of aliphatic hydroxyl groups excluding tert-OH is 4. The molecule has 12 nitrogen and oxygen atoms in total. The summed E-state index contributed by atoms with van der Waals surface area (Å²) in [6, 6.07) is 85.1. The van der Waals surface area contributed by atoms with Crippen LogP contribution >= 0.6 is 0 Å². The van der Waals surface area contributed by atoms with E-state index in [4.69, 9.17) is 10.2 Å². The summed E-state index contributed by atoms with van der Waals surface area (Å²) < 4.78 is 68.1. The Hall–Kier alpha value is -9.06. The van der Waals surface area contributed by atoms with E-state index in [0.717, 1.165) is 45.0 Å². The molecule has 0 amide bonds. The third kappa shape index (κ3) is 40.4. The van der Waals surface area contributed by atoms with Crippen molar-refractivity contribution in [3.63, 3.8) is 0 Å². The molecule has 0 saturated heterocycles. The molecule has 4 aromatic heterocycles. The summed E-state index contributed by atoms with van der Waals surface area (Å²) in [6.45, 7) is 14.0. The molecule has 0 aliphatic heterocycles. The van der Waals surface area contributed by atoms with Gasteiger partial charge in [-0.05, 0) is 60.9 Å². The molecular weight excluding hydrogens is 2030 g/mol. The summed E-state index contributed by atoms with van der Waals surface area (Å²) >= 11 is 0. The standard InChI is InChI=1S/C15H12O2.4C11H8N.C11H20O2.C5H2F6O2.C5H8O2.4Ir/c16-14(12-7-3-1-4-8-12)11-15(17)13-9-5-2-6-10-13;4*1-2-6-10(7-3-1)11-8-4-5-9-12-11;1-10(2,3)8(12)7-9(13)11(4,5)6;6-4(7,8)2(12)1-3(13)5(9,10)11;1-4(6)3-5(2)7;;;;/h1-11,16H;4*1-6,8-9H;7,12H,1-6H3;1,12H;3,6H,1-2H3;;;;/q;4*-1;;;;;;;. The van der Waals surface area contributed by atoms with Crippen molar-refractivity contribution in [3.8, 4) is 45.0 Å². The maximum atomic E-state index is 11.8. The first kappa shape index (κ1) is 95.0. The van der Waals surface area contributed by atoms with Crippen LogP contribution in [-0.2, 0) is 94.8 Å². The maximum Gasteiger partial charge on any atom is 0.454 e. The van der Waals surface area contributed by atoms with Crippen molar-refractivity contribution in [1.29, 1.82) is 0 Å². The first-order chi connectivity index (χ1) is 46.4. The average Bonchev–Trinajstić information content (AvgIpc) is 0.933. The van der Waals surface area contributed by atoms with Crippen molar-refractivity contribution in [2.24, 2.45) is 10.8 Å². The van der Waals surface area contributed by atoms with E-state index >= 15 is 0 Å². The van der Waals surface area contributed by atoms with E-state index < -0.39 is 35.4 Å². The molecule has 6 aromatic carbocycles. The number of hydrogen-bond acceptors (Lipinski definition) is 12. The second-order valence-corrected chi connectivity index (χ2v) is 22.3. The van der Waals surface area contributed by atoms with E-state index in [9.17, 15) is 55.7 Å². The van der Waals surface area contributed by atoms with Gasteiger partial charge >= 0.3 is 12.4 Å². The SMILES string of the molecule is CC(=O)C=C(C)O.CC(C)(C)C(=O)C=C(O)C(C)(C)C.O=C(C=C(O)C(F)(F)F)C(F)(F)F.O=C(C=C(O)c1ccccc1)c1ccccc1.[Ir].[Ir].[Ir].[Ir].[c-]1ccccc1-c1ccccn1.[c-]1ccccc1-c1ccccn1.[c-]1ccccc1-c1ccccn1.[c-]1ccccc1-c1ccccn1. The Morgan fingerprint density at radius 3 is 0.863 bits per heavy atom.